The number of nitrogens with one attached hydrogen (secondary N) is 1. The molecule has 3 aliphatic rings. The topological polar surface area (TPSA) is 35.6 Å². The van der Waals surface area contributed by atoms with Crippen molar-refractivity contribution < 1.29 is 18.0 Å². The van der Waals surface area contributed by atoms with Gasteiger partial charge in [0.1, 0.15) is 0 Å². The zero-order chi connectivity index (χ0) is 23.0. The maximum absolute atomic E-state index is 13.5. The van der Waals surface area contributed by atoms with Gasteiger partial charge in [-0.2, -0.15) is 13.2 Å². The van der Waals surface area contributed by atoms with Gasteiger partial charge >= 0.3 is 6.18 Å². The zero-order valence-corrected chi connectivity index (χ0v) is 18.7. The van der Waals surface area contributed by atoms with Gasteiger partial charge in [-0.1, -0.05) is 37.5 Å². The molecule has 1 saturated heterocycles. The molecule has 2 aromatic rings. The van der Waals surface area contributed by atoms with E-state index in [1.54, 1.807) is 6.07 Å². The number of fused-ring (bicyclic) bond motifs is 3. The molecule has 7 heteroatoms. The minimum Gasteiger partial charge on any atom is -0.368 e. The first-order chi connectivity index (χ1) is 15.9. The van der Waals surface area contributed by atoms with Crippen LogP contribution in [0.15, 0.2) is 48.5 Å². The number of anilines is 2. The van der Waals surface area contributed by atoms with Crippen LogP contribution in [0.25, 0.3) is 0 Å². The molecule has 1 amide bonds. The van der Waals surface area contributed by atoms with Crippen molar-refractivity contribution in [1.82, 2.24) is 5.32 Å². The van der Waals surface area contributed by atoms with Crippen LogP contribution in [0.5, 0.6) is 0 Å². The molecular weight excluding hydrogens is 427 g/mol. The molecule has 2 atom stereocenters. The van der Waals surface area contributed by atoms with E-state index in [2.05, 4.69) is 27.2 Å². The van der Waals surface area contributed by atoms with Gasteiger partial charge in [0.05, 0.1) is 17.5 Å². The van der Waals surface area contributed by atoms with Gasteiger partial charge in [-0.15, -0.1) is 0 Å². The highest BCUT2D eigenvalue weighted by molar-refractivity contribution is 5.82. The fourth-order valence-corrected chi connectivity index (χ4v) is 5.73. The predicted molar refractivity (Wildman–Crippen MR) is 123 cm³/mol. The molecule has 33 heavy (non-hydrogen) atoms. The van der Waals surface area contributed by atoms with Gasteiger partial charge in [-0.25, -0.2) is 0 Å². The standard InChI is InChI=1S/C26H30F3N3O/c27-26(28,29)19-11-12-23-18(15-19)16-22(25(33)30-20-7-3-1-4-8-20)24-17-31(13-14-32(23)24)21-9-5-2-6-10-21/h2,5-6,9-12,15,20,22,24H,1,3-4,7-8,13-14,16-17H2,(H,30,33)/t22-,24-/m0/s1. The van der Waals surface area contributed by atoms with Crippen molar-refractivity contribution in [2.75, 3.05) is 29.4 Å². The highest BCUT2D eigenvalue weighted by Crippen LogP contribution is 2.40. The fraction of sp³-hybridized carbons (Fsp3) is 0.500. The largest absolute Gasteiger partial charge is 0.416 e. The summed E-state index contributed by atoms with van der Waals surface area (Å²) in [6.45, 7) is 2.11. The van der Waals surface area contributed by atoms with Gasteiger partial charge in [0.15, 0.2) is 0 Å². The molecule has 0 radical (unpaired) electrons. The first-order valence-electron chi connectivity index (χ1n) is 12.0. The van der Waals surface area contributed by atoms with Crippen LogP contribution in [-0.4, -0.2) is 37.6 Å². The first-order valence-corrected chi connectivity index (χ1v) is 12.0. The van der Waals surface area contributed by atoms with E-state index in [1.807, 2.05) is 18.2 Å². The molecule has 2 aromatic carbocycles. The van der Waals surface area contributed by atoms with Crippen LogP contribution in [0.2, 0.25) is 0 Å². The van der Waals surface area contributed by atoms with Gasteiger partial charge in [0, 0.05) is 37.1 Å². The van der Waals surface area contributed by atoms with Gasteiger partial charge < -0.3 is 15.1 Å². The summed E-state index contributed by atoms with van der Waals surface area (Å²) in [6.07, 6.45) is 1.34. The third-order valence-electron chi connectivity index (χ3n) is 7.45. The Hall–Kier alpha value is -2.70. The summed E-state index contributed by atoms with van der Waals surface area (Å²) in [5.41, 5.74) is 1.93. The van der Waals surface area contributed by atoms with Gasteiger partial charge in [0.2, 0.25) is 5.91 Å². The number of carbonyl (C=O) groups excluding carboxylic acids is 1. The minimum atomic E-state index is -4.39. The number of para-hydroxylation sites is 1. The summed E-state index contributed by atoms with van der Waals surface area (Å²) >= 11 is 0. The molecule has 2 aliphatic heterocycles. The highest BCUT2D eigenvalue weighted by Gasteiger charge is 2.43. The summed E-state index contributed by atoms with van der Waals surface area (Å²) in [5.74, 6) is -0.399. The Balaban J connectivity index is 1.45. The second-order valence-corrected chi connectivity index (χ2v) is 9.54. The highest BCUT2D eigenvalue weighted by atomic mass is 19.4. The molecule has 0 unspecified atom stereocenters. The number of hydrogen-bond donors (Lipinski definition) is 1. The molecule has 0 spiro atoms. The van der Waals surface area contributed by atoms with E-state index in [-0.39, 0.29) is 23.9 Å². The van der Waals surface area contributed by atoms with E-state index in [9.17, 15) is 18.0 Å². The van der Waals surface area contributed by atoms with Crippen LogP contribution in [0.3, 0.4) is 0 Å². The average Bonchev–Trinajstić information content (AvgIpc) is 2.83. The van der Waals surface area contributed by atoms with E-state index in [4.69, 9.17) is 0 Å². The molecule has 2 heterocycles. The number of nitrogens with zero attached hydrogens (tertiary/aromatic N) is 2. The fourth-order valence-electron chi connectivity index (χ4n) is 5.73. The Kier molecular flexibility index (Phi) is 5.97. The van der Waals surface area contributed by atoms with Crippen LogP contribution < -0.4 is 15.1 Å². The van der Waals surface area contributed by atoms with Gasteiger partial charge in [-0.05, 0) is 55.2 Å². The average molecular weight is 458 g/mol. The Labute approximate surface area is 192 Å². The molecule has 5 rings (SSSR count). The van der Waals surface area contributed by atoms with Gasteiger partial charge in [0.25, 0.3) is 0 Å². The maximum atomic E-state index is 13.5. The molecule has 0 aromatic heterocycles. The smallest absolute Gasteiger partial charge is 0.368 e. The molecule has 2 fully saturated rings. The Morgan fingerprint density at radius 1 is 0.970 bits per heavy atom. The first kappa shape index (κ1) is 22.1. The van der Waals surface area contributed by atoms with Crippen molar-refractivity contribution >= 4 is 17.3 Å². The minimum absolute atomic E-state index is 0.0186. The molecule has 1 aliphatic carbocycles. The zero-order valence-electron chi connectivity index (χ0n) is 18.7. The Bertz CT molecular complexity index is 988. The van der Waals surface area contributed by atoms with E-state index in [0.29, 0.717) is 25.1 Å². The van der Waals surface area contributed by atoms with Crippen LogP contribution in [-0.2, 0) is 17.4 Å². The monoisotopic (exact) mass is 457 g/mol. The predicted octanol–water partition coefficient (Wildman–Crippen LogP) is 5.02. The second-order valence-electron chi connectivity index (χ2n) is 9.54. The number of halogens is 3. The van der Waals surface area contributed by atoms with Crippen molar-refractivity contribution in [1.29, 1.82) is 0 Å². The van der Waals surface area contributed by atoms with Gasteiger partial charge in [-0.3, -0.25) is 4.79 Å². The normalized spacial score (nSPS) is 23.6. The third kappa shape index (κ3) is 4.55. The number of hydrogen-bond acceptors (Lipinski definition) is 3. The van der Waals surface area contributed by atoms with Crippen LogP contribution in [0, 0.1) is 5.92 Å². The lowest BCUT2D eigenvalue weighted by Gasteiger charge is -2.50. The molecule has 1 N–H and O–H groups in total. The lowest BCUT2D eigenvalue weighted by molar-refractivity contribution is -0.137. The summed E-state index contributed by atoms with van der Waals surface area (Å²) in [5, 5.41) is 3.25. The molecule has 0 bridgehead atoms. The number of rotatable bonds is 3. The number of carbonyl (C=O) groups is 1. The molecule has 176 valence electrons. The van der Waals surface area contributed by atoms with E-state index < -0.39 is 11.7 Å². The number of amides is 1. The van der Waals surface area contributed by atoms with E-state index in [1.165, 1.54) is 18.6 Å². The lowest BCUT2D eigenvalue weighted by atomic mass is 9.82. The van der Waals surface area contributed by atoms with Crippen molar-refractivity contribution in [3.63, 3.8) is 0 Å². The van der Waals surface area contributed by atoms with Crippen molar-refractivity contribution in [2.24, 2.45) is 5.92 Å². The molecule has 1 saturated carbocycles. The SMILES string of the molecule is O=C(NC1CCCCC1)[C@H]1Cc2cc(C(F)(F)F)ccc2N2CCN(c3ccccc3)C[C@@H]12. The van der Waals surface area contributed by atoms with E-state index in [0.717, 1.165) is 43.6 Å². The van der Waals surface area contributed by atoms with E-state index >= 15 is 0 Å². The van der Waals surface area contributed by atoms with Crippen LogP contribution >= 0.6 is 0 Å². The lowest BCUT2D eigenvalue weighted by Crippen LogP contribution is -2.61. The third-order valence-corrected chi connectivity index (χ3v) is 7.45. The molecule has 4 nitrogen and oxygen atoms in total. The van der Waals surface area contributed by atoms with Crippen molar-refractivity contribution in [3.05, 3.63) is 59.7 Å². The summed E-state index contributed by atoms with van der Waals surface area (Å²) in [7, 11) is 0. The second kappa shape index (κ2) is 8.92. The van der Waals surface area contributed by atoms with Crippen LogP contribution in [0.4, 0.5) is 24.5 Å². The number of alkyl halides is 3. The maximum Gasteiger partial charge on any atom is 0.416 e. The summed E-state index contributed by atoms with van der Waals surface area (Å²) in [6, 6.07) is 14.2. The number of piperazine rings is 1. The quantitative estimate of drug-likeness (QED) is 0.703. The Morgan fingerprint density at radius 3 is 2.45 bits per heavy atom. The number of benzene rings is 2. The van der Waals surface area contributed by atoms with Crippen LogP contribution in [0.1, 0.15) is 43.2 Å². The van der Waals surface area contributed by atoms with Crippen molar-refractivity contribution in [2.45, 2.75) is 56.8 Å². The molecular formula is C26H30F3N3O. The summed E-state index contributed by atoms with van der Waals surface area (Å²) in [4.78, 5) is 17.9. The van der Waals surface area contributed by atoms with Crippen molar-refractivity contribution in [3.8, 4) is 0 Å². The summed E-state index contributed by atoms with van der Waals surface area (Å²) < 4.78 is 40.2. The Morgan fingerprint density at radius 2 is 1.73 bits per heavy atom.